The topological polar surface area (TPSA) is 94.6 Å². The first kappa shape index (κ1) is 29.2. The highest BCUT2D eigenvalue weighted by atomic mass is 16.6. The van der Waals surface area contributed by atoms with Gasteiger partial charge in [0.2, 0.25) is 0 Å². The summed E-state index contributed by atoms with van der Waals surface area (Å²) in [6.07, 6.45) is 5.69. The first-order valence-corrected chi connectivity index (χ1v) is 14.4. The largest absolute Gasteiger partial charge is 0.497 e. The maximum atomic E-state index is 13.4. The van der Waals surface area contributed by atoms with Gasteiger partial charge in [0, 0.05) is 31.1 Å². The van der Waals surface area contributed by atoms with E-state index in [1.165, 1.54) is 25.7 Å². The molecular weight excluding hydrogens is 500 g/mol. The molecule has 0 N–H and O–H groups in total. The number of benzene rings is 1. The van der Waals surface area contributed by atoms with Gasteiger partial charge in [-0.1, -0.05) is 0 Å². The Morgan fingerprint density at radius 1 is 1.08 bits per heavy atom. The fourth-order valence-electron chi connectivity index (χ4n) is 6.62. The van der Waals surface area contributed by atoms with E-state index in [0.717, 1.165) is 32.4 Å². The van der Waals surface area contributed by atoms with Crippen molar-refractivity contribution in [2.45, 2.75) is 90.3 Å². The number of piperidine rings is 3. The van der Waals surface area contributed by atoms with Crippen LogP contribution in [0.2, 0.25) is 0 Å². The number of rotatable bonds is 8. The summed E-state index contributed by atoms with van der Waals surface area (Å²) in [5.41, 5.74) is -0.388. The molecule has 4 rings (SSSR count). The molecular formula is C30H44N2O7. The molecule has 1 aromatic rings. The van der Waals surface area contributed by atoms with Crippen LogP contribution >= 0.6 is 0 Å². The summed E-state index contributed by atoms with van der Waals surface area (Å²) < 4.78 is 21.8. The minimum absolute atomic E-state index is 0.0155. The fourth-order valence-corrected chi connectivity index (χ4v) is 6.62. The summed E-state index contributed by atoms with van der Waals surface area (Å²) in [6, 6.07) is 5.20. The molecule has 3 saturated heterocycles. The van der Waals surface area contributed by atoms with Crippen molar-refractivity contribution in [3.8, 4) is 11.5 Å². The first-order chi connectivity index (χ1) is 18.6. The van der Waals surface area contributed by atoms with Crippen molar-refractivity contribution in [2.75, 3.05) is 33.4 Å². The minimum atomic E-state index is -0.569. The highest BCUT2D eigenvalue weighted by molar-refractivity contribution is 5.93. The quantitative estimate of drug-likeness (QED) is 0.331. The predicted molar refractivity (Wildman–Crippen MR) is 146 cm³/mol. The van der Waals surface area contributed by atoms with E-state index in [0.29, 0.717) is 43.0 Å². The Morgan fingerprint density at radius 3 is 2.51 bits per heavy atom. The fraction of sp³-hybridized carbons (Fsp3) is 0.700. The lowest BCUT2D eigenvalue weighted by Crippen LogP contribution is -2.65. The average Bonchev–Trinajstić information content (AvgIpc) is 2.89. The van der Waals surface area contributed by atoms with Crippen LogP contribution in [0.25, 0.3) is 0 Å². The van der Waals surface area contributed by atoms with Gasteiger partial charge in [-0.25, -0.2) is 9.59 Å². The number of ether oxygens (including phenoxy) is 4. The highest BCUT2D eigenvalue weighted by Gasteiger charge is 2.50. The summed E-state index contributed by atoms with van der Waals surface area (Å²) in [5.74, 6) is 0.447. The molecule has 0 aliphatic carbocycles. The van der Waals surface area contributed by atoms with Gasteiger partial charge in [-0.15, -0.1) is 0 Å². The monoisotopic (exact) mass is 544 g/mol. The Labute approximate surface area is 232 Å². The van der Waals surface area contributed by atoms with Crippen molar-refractivity contribution >= 4 is 18.0 Å². The van der Waals surface area contributed by atoms with Crippen LogP contribution in [-0.4, -0.2) is 78.9 Å². The third kappa shape index (κ3) is 7.04. The normalized spacial score (nSPS) is 24.9. The van der Waals surface area contributed by atoms with Crippen LogP contribution in [0.4, 0.5) is 4.79 Å². The van der Waals surface area contributed by atoms with Gasteiger partial charge in [0.25, 0.3) is 0 Å². The van der Waals surface area contributed by atoms with Gasteiger partial charge in [0.1, 0.15) is 22.7 Å². The van der Waals surface area contributed by atoms with Gasteiger partial charge in [0.15, 0.2) is 0 Å². The second-order valence-electron chi connectivity index (χ2n) is 11.9. The number of esters is 2. The van der Waals surface area contributed by atoms with Crippen LogP contribution in [-0.2, 0) is 14.3 Å². The van der Waals surface area contributed by atoms with E-state index in [4.69, 9.17) is 18.9 Å². The first-order valence-electron chi connectivity index (χ1n) is 14.4. The van der Waals surface area contributed by atoms with E-state index in [-0.39, 0.29) is 36.5 Å². The number of nitrogens with zero attached hydrogens (tertiary/aromatic N) is 2. The number of hydrogen-bond donors (Lipinski definition) is 0. The van der Waals surface area contributed by atoms with Gasteiger partial charge in [-0.2, -0.15) is 0 Å². The summed E-state index contributed by atoms with van der Waals surface area (Å²) >= 11 is 0. The lowest BCUT2D eigenvalue weighted by atomic mass is 9.69. The number of amides is 1. The molecule has 9 nitrogen and oxygen atoms in total. The third-order valence-corrected chi connectivity index (χ3v) is 8.09. The van der Waals surface area contributed by atoms with E-state index in [1.807, 2.05) is 25.7 Å². The lowest BCUT2D eigenvalue weighted by molar-refractivity contribution is -0.134. The van der Waals surface area contributed by atoms with Gasteiger partial charge in [0.05, 0.1) is 13.7 Å². The Balaban J connectivity index is 1.45. The molecule has 3 heterocycles. The predicted octanol–water partition coefficient (Wildman–Crippen LogP) is 5.06. The molecule has 9 heteroatoms. The Hall–Kier alpha value is -2.81. The van der Waals surface area contributed by atoms with Crippen LogP contribution in [0.3, 0.4) is 0 Å². The molecule has 0 spiro atoms. The molecule has 0 aromatic heterocycles. The summed E-state index contributed by atoms with van der Waals surface area (Å²) in [6.45, 7) is 10.6. The van der Waals surface area contributed by atoms with Crippen LogP contribution in [0.15, 0.2) is 18.2 Å². The molecule has 1 amide bonds. The Morgan fingerprint density at radius 2 is 1.82 bits per heavy atom. The van der Waals surface area contributed by atoms with Crippen LogP contribution in [0.5, 0.6) is 11.5 Å². The zero-order valence-electron chi connectivity index (χ0n) is 24.1. The maximum Gasteiger partial charge on any atom is 0.410 e. The second kappa shape index (κ2) is 12.6. The van der Waals surface area contributed by atoms with Crippen molar-refractivity contribution in [3.63, 3.8) is 0 Å². The van der Waals surface area contributed by atoms with Crippen molar-refractivity contribution in [1.29, 1.82) is 0 Å². The summed E-state index contributed by atoms with van der Waals surface area (Å²) in [7, 11) is 1.51. The summed E-state index contributed by atoms with van der Waals surface area (Å²) in [5, 5.41) is 0. The SMILES string of the molecule is CCOC(=O)c1ccc(OC)cc1OC(=O)CCCC1C2CCCN3CCCC(CN1C(=O)OC(C)(C)C)C23. The Bertz CT molecular complexity index is 1030. The lowest BCUT2D eigenvalue weighted by Gasteiger charge is -2.57. The molecule has 216 valence electrons. The molecule has 39 heavy (non-hydrogen) atoms. The number of carbonyl (C=O) groups is 3. The van der Waals surface area contributed by atoms with Gasteiger partial charge >= 0.3 is 18.0 Å². The minimum Gasteiger partial charge on any atom is -0.497 e. The van der Waals surface area contributed by atoms with Gasteiger partial charge in [-0.3, -0.25) is 9.69 Å². The smallest absolute Gasteiger partial charge is 0.410 e. The molecule has 3 aliphatic rings. The van der Waals surface area contributed by atoms with E-state index in [1.54, 1.807) is 13.0 Å². The average molecular weight is 545 g/mol. The maximum absolute atomic E-state index is 13.4. The second-order valence-corrected chi connectivity index (χ2v) is 11.9. The van der Waals surface area contributed by atoms with Crippen molar-refractivity contribution in [1.82, 2.24) is 9.80 Å². The van der Waals surface area contributed by atoms with E-state index < -0.39 is 17.5 Å². The van der Waals surface area contributed by atoms with E-state index in [2.05, 4.69) is 4.90 Å². The van der Waals surface area contributed by atoms with Crippen molar-refractivity contribution in [2.24, 2.45) is 11.8 Å². The third-order valence-electron chi connectivity index (χ3n) is 8.09. The number of methoxy groups -OCH3 is 1. The van der Waals surface area contributed by atoms with Gasteiger partial charge in [-0.05, 0) is 103 Å². The number of carbonyl (C=O) groups excluding carboxylic acids is 3. The molecule has 4 unspecified atom stereocenters. The molecule has 3 fully saturated rings. The zero-order chi connectivity index (χ0) is 28.2. The highest BCUT2D eigenvalue weighted by Crippen LogP contribution is 2.43. The van der Waals surface area contributed by atoms with Gasteiger partial charge < -0.3 is 23.8 Å². The van der Waals surface area contributed by atoms with E-state index in [9.17, 15) is 14.4 Å². The molecule has 1 aromatic carbocycles. The summed E-state index contributed by atoms with van der Waals surface area (Å²) in [4.78, 5) is 43.2. The molecule has 3 aliphatic heterocycles. The number of likely N-dealkylation sites (tertiary alicyclic amines) is 1. The zero-order valence-corrected chi connectivity index (χ0v) is 24.1. The standard InChI is InChI=1S/C30H44N2O7/c1-6-37-28(34)23-15-14-21(36-5)18-25(23)38-26(33)13-7-12-24-22-11-9-17-31-16-8-10-20(27(22)31)19-32(24)29(35)39-30(2,3)4/h14-15,18,20,22,24,27H,6-13,16-17,19H2,1-5H3. The molecule has 0 saturated carbocycles. The van der Waals surface area contributed by atoms with Crippen LogP contribution in [0, 0.1) is 11.8 Å². The molecule has 0 bridgehead atoms. The van der Waals surface area contributed by atoms with Crippen molar-refractivity contribution < 1.29 is 33.3 Å². The van der Waals surface area contributed by atoms with Crippen LogP contribution < -0.4 is 9.47 Å². The Kier molecular flexibility index (Phi) is 9.41. The van der Waals surface area contributed by atoms with E-state index >= 15 is 0 Å². The number of hydrogen-bond acceptors (Lipinski definition) is 8. The van der Waals surface area contributed by atoms with Crippen LogP contribution in [0.1, 0.15) is 83.0 Å². The molecule has 4 atom stereocenters. The van der Waals surface area contributed by atoms with Crippen molar-refractivity contribution in [3.05, 3.63) is 23.8 Å². The molecule has 0 radical (unpaired) electrons.